The molecular formula is C33H38N4O4. The first-order chi connectivity index (χ1) is 19.6. The minimum atomic E-state index is -1.02. The summed E-state index contributed by atoms with van der Waals surface area (Å²) in [7, 11) is 1.33. The van der Waals surface area contributed by atoms with Crippen LogP contribution in [0, 0.1) is 38.5 Å². The Kier molecular flexibility index (Phi) is 6.49. The smallest absolute Gasteiger partial charge is 0.321 e. The molecule has 5 N–H and O–H groups in total. The molecule has 3 aromatic heterocycles. The molecule has 0 saturated carbocycles. The highest BCUT2D eigenvalue weighted by Crippen LogP contribution is 2.47. The molecule has 8 bridgehead atoms. The minimum absolute atomic E-state index is 0.0763. The first kappa shape index (κ1) is 27.1. The summed E-state index contributed by atoms with van der Waals surface area (Å²) < 4.78 is 5.17. The van der Waals surface area contributed by atoms with E-state index in [-0.39, 0.29) is 24.2 Å². The number of ether oxygens (including phenoxy) is 1. The highest BCUT2D eigenvalue weighted by molar-refractivity contribution is 6.24. The molecule has 3 atom stereocenters. The van der Waals surface area contributed by atoms with E-state index in [2.05, 4.69) is 66.2 Å². The van der Waals surface area contributed by atoms with Crippen molar-refractivity contribution in [2.45, 2.75) is 61.0 Å². The molecular weight excluding hydrogens is 516 g/mol. The number of aliphatic hydroxyl groups excluding tert-OH is 1. The summed E-state index contributed by atoms with van der Waals surface area (Å²) in [5.41, 5.74) is 11.4. The van der Waals surface area contributed by atoms with Gasteiger partial charge < -0.3 is 30.1 Å². The molecule has 0 radical (unpaired) electrons. The standard InChI is InChI=1S/C33H38N4O4/c1-8-18-14(3)22-11-26-20(13-38)16(5)21(35-26)10-23-15(4)19(9-2)30(36-23)28-29(33(40)41-7)32(39)27-17(6)24(37-31(27)28)12-25(18)34-22/h10-12,15,19,29,34-38H,8-9,13H2,1-7H3/b22-11-,23-10-,25-12-,30-28-/t15-,19-,29+/m0/s1. The molecule has 1 fully saturated rings. The van der Waals surface area contributed by atoms with E-state index in [1.165, 1.54) is 12.7 Å². The molecule has 0 spiro atoms. The van der Waals surface area contributed by atoms with Gasteiger partial charge in [0.15, 0.2) is 5.78 Å². The second-order valence-corrected chi connectivity index (χ2v) is 11.5. The highest BCUT2D eigenvalue weighted by atomic mass is 16.5. The lowest BCUT2D eigenvalue weighted by molar-refractivity contribution is -0.141. The fraction of sp³-hybridized carbons (Fsp3) is 0.394. The molecule has 41 heavy (non-hydrogen) atoms. The third-order valence-electron chi connectivity index (χ3n) is 9.56. The van der Waals surface area contributed by atoms with Gasteiger partial charge in [-0.05, 0) is 74.1 Å². The van der Waals surface area contributed by atoms with E-state index in [1.54, 1.807) is 0 Å². The Morgan fingerprint density at radius 3 is 2.29 bits per heavy atom. The number of hydrogen-bond acceptors (Lipinski definition) is 5. The summed E-state index contributed by atoms with van der Waals surface area (Å²) in [5.74, 6) is -1.60. The maximum Gasteiger partial charge on any atom is 0.321 e. The fourth-order valence-corrected chi connectivity index (χ4v) is 7.14. The van der Waals surface area contributed by atoms with Gasteiger partial charge in [-0.2, -0.15) is 0 Å². The molecule has 8 heteroatoms. The van der Waals surface area contributed by atoms with Crippen LogP contribution in [0.3, 0.4) is 0 Å². The number of esters is 1. The molecule has 214 valence electrons. The summed E-state index contributed by atoms with van der Waals surface area (Å²) in [6, 6.07) is 0. The van der Waals surface area contributed by atoms with Gasteiger partial charge >= 0.3 is 5.97 Å². The zero-order chi connectivity index (χ0) is 29.3. The van der Waals surface area contributed by atoms with Crippen LogP contribution in [0.2, 0.25) is 0 Å². The summed E-state index contributed by atoms with van der Waals surface area (Å²) in [6.07, 6.45) is 7.90. The van der Waals surface area contributed by atoms with Crippen LogP contribution in [0.25, 0.3) is 23.8 Å². The van der Waals surface area contributed by atoms with Crippen molar-refractivity contribution in [3.05, 3.63) is 78.2 Å². The average Bonchev–Trinajstić information content (AvgIpc) is 3.69. The number of fused-ring (bicyclic) bond motifs is 7. The molecule has 0 aromatic carbocycles. The number of carbonyl (C=O) groups is 2. The lowest BCUT2D eigenvalue weighted by atomic mass is 9.86. The Morgan fingerprint density at radius 1 is 0.927 bits per heavy atom. The van der Waals surface area contributed by atoms with Crippen molar-refractivity contribution < 1.29 is 19.4 Å². The van der Waals surface area contributed by atoms with Crippen molar-refractivity contribution >= 4 is 35.6 Å². The summed E-state index contributed by atoms with van der Waals surface area (Å²) >= 11 is 0. The number of carbonyl (C=O) groups excluding carboxylic acids is 2. The van der Waals surface area contributed by atoms with E-state index in [1.807, 2.05) is 13.8 Å². The number of aliphatic hydroxyl groups is 1. The van der Waals surface area contributed by atoms with E-state index in [0.717, 1.165) is 74.3 Å². The molecule has 0 unspecified atom stereocenters. The molecule has 1 saturated heterocycles. The van der Waals surface area contributed by atoms with Crippen LogP contribution >= 0.6 is 0 Å². The Bertz CT molecular complexity index is 1810. The monoisotopic (exact) mass is 554 g/mol. The predicted molar refractivity (Wildman–Crippen MR) is 159 cm³/mol. The number of Topliss-reactive ketones (excluding diaryl/α,β-unsaturated/α-hetero) is 1. The van der Waals surface area contributed by atoms with Gasteiger partial charge in [-0.25, -0.2) is 0 Å². The van der Waals surface area contributed by atoms with Crippen LogP contribution in [0.1, 0.15) is 88.1 Å². The lowest BCUT2D eigenvalue weighted by Crippen LogP contribution is -2.25. The van der Waals surface area contributed by atoms with Crippen LogP contribution < -0.4 is 16.0 Å². The third kappa shape index (κ3) is 3.84. The topological polar surface area (TPSA) is 123 Å². The summed E-state index contributed by atoms with van der Waals surface area (Å²) in [5, 5.41) is 15.9. The van der Waals surface area contributed by atoms with Crippen molar-refractivity contribution in [2.24, 2.45) is 17.8 Å². The third-order valence-corrected chi connectivity index (χ3v) is 9.56. The van der Waals surface area contributed by atoms with Crippen LogP contribution in [0.15, 0.2) is 11.4 Å². The van der Waals surface area contributed by atoms with Gasteiger partial charge in [-0.1, -0.05) is 20.8 Å². The second kappa shape index (κ2) is 9.80. The Labute approximate surface area is 239 Å². The van der Waals surface area contributed by atoms with Crippen LogP contribution in [0.5, 0.6) is 0 Å². The highest BCUT2D eigenvalue weighted by Gasteiger charge is 2.48. The Hall–Kier alpha value is -4.04. The van der Waals surface area contributed by atoms with Gasteiger partial charge in [0, 0.05) is 67.7 Å². The number of rotatable bonds is 4. The predicted octanol–water partition coefficient (Wildman–Crippen LogP) is 3.63. The number of hydrogen-bond donors (Lipinski definition) is 5. The van der Waals surface area contributed by atoms with Crippen LogP contribution in [0.4, 0.5) is 0 Å². The molecule has 5 heterocycles. The molecule has 3 aliphatic rings. The van der Waals surface area contributed by atoms with Crippen LogP contribution in [-0.2, 0) is 22.6 Å². The molecule has 6 rings (SSSR count). The normalized spacial score (nSPS) is 25.7. The Balaban J connectivity index is 1.75. The molecule has 8 nitrogen and oxygen atoms in total. The van der Waals surface area contributed by atoms with E-state index in [0.29, 0.717) is 16.8 Å². The quantitative estimate of drug-likeness (QED) is 0.249. The van der Waals surface area contributed by atoms with Crippen molar-refractivity contribution in [1.29, 1.82) is 0 Å². The number of aromatic nitrogens is 3. The second-order valence-electron chi connectivity index (χ2n) is 11.5. The zero-order valence-electron chi connectivity index (χ0n) is 24.8. The van der Waals surface area contributed by atoms with E-state index in [9.17, 15) is 14.7 Å². The van der Waals surface area contributed by atoms with Crippen molar-refractivity contribution in [3.63, 3.8) is 0 Å². The van der Waals surface area contributed by atoms with Crippen LogP contribution in [-0.4, -0.2) is 38.9 Å². The summed E-state index contributed by atoms with van der Waals surface area (Å²) in [6.45, 7) is 12.4. The number of aromatic amines is 3. The summed E-state index contributed by atoms with van der Waals surface area (Å²) in [4.78, 5) is 37.8. The molecule has 3 aromatic rings. The molecule has 2 aliphatic heterocycles. The lowest BCUT2D eigenvalue weighted by Gasteiger charge is -2.18. The number of methoxy groups -OCH3 is 1. The molecule has 0 amide bonds. The number of H-pyrrole nitrogens is 3. The SMILES string of the molecule is CCc1c(C)/c2[nH]/c1=C\c1[nH]c3c(c1C)C(=O)[C@H](C(=O)OC)/C3=C1/N/C(=C\c3[nH]c(c(CO)c3C)\C=2)[C@@H](C)[C@@H]1CC. The first-order valence-corrected chi connectivity index (χ1v) is 14.5. The van der Waals surface area contributed by atoms with E-state index < -0.39 is 11.9 Å². The zero-order valence-corrected chi connectivity index (χ0v) is 24.8. The molecule has 1 aliphatic carbocycles. The minimum Gasteiger partial charge on any atom is -0.468 e. The van der Waals surface area contributed by atoms with Gasteiger partial charge in [0.1, 0.15) is 5.92 Å². The van der Waals surface area contributed by atoms with Gasteiger partial charge in [0.2, 0.25) is 0 Å². The van der Waals surface area contributed by atoms with Crippen molar-refractivity contribution in [3.8, 4) is 0 Å². The maximum absolute atomic E-state index is 13.9. The van der Waals surface area contributed by atoms with Gasteiger partial charge in [0.25, 0.3) is 0 Å². The van der Waals surface area contributed by atoms with E-state index >= 15 is 0 Å². The van der Waals surface area contributed by atoms with Crippen molar-refractivity contribution in [2.75, 3.05) is 7.11 Å². The maximum atomic E-state index is 13.9. The average molecular weight is 555 g/mol. The number of ketones is 1. The van der Waals surface area contributed by atoms with E-state index in [4.69, 9.17) is 4.74 Å². The fourth-order valence-electron chi connectivity index (χ4n) is 7.14. The first-order valence-electron chi connectivity index (χ1n) is 14.5. The van der Waals surface area contributed by atoms with Gasteiger partial charge in [-0.15, -0.1) is 0 Å². The van der Waals surface area contributed by atoms with Gasteiger partial charge in [-0.3, -0.25) is 9.59 Å². The number of nitrogens with one attached hydrogen (secondary N) is 4. The number of allylic oxidation sites excluding steroid dienone is 2. The Morgan fingerprint density at radius 2 is 1.63 bits per heavy atom. The van der Waals surface area contributed by atoms with Gasteiger partial charge in [0.05, 0.1) is 19.4 Å². The van der Waals surface area contributed by atoms with Crippen molar-refractivity contribution in [1.82, 2.24) is 20.3 Å². The largest absolute Gasteiger partial charge is 0.468 e.